The molecule has 164 valence electrons. The minimum atomic E-state index is -0.527. The third kappa shape index (κ3) is 3.76. The second-order valence-corrected chi connectivity index (χ2v) is 7.61. The van der Waals surface area contributed by atoms with Crippen molar-refractivity contribution in [2.75, 3.05) is 7.11 Å². The van der Waals surface area contributed by atoms with Crippen LogP contribution in [0.4, 0.5) is 0 Å². The van der Waals surface area contributed by atoms with E-state index in [1.54, 1.807) is 48.5 Å². The number of carbonyl (C=O) groups is 2. The van der Waals surface area contributed by atoms with Crippen molar-refractivity contribution >= 4 is 28.7 Å². The molecule has 5 rings (SSSR count). The third-order valence-electron chi connectivity index (χ3n) is 5.60. The maximum absolute atomic E-state index is 12.9. The lowest BCUT2D eigenvalue weighted by Gasteiger charge is -2.07. The summed E-state index contributed by atoms with van der Waals surface area (Å²) in [6.45, 7) is 2.89. The highest BCUT2D eigenvalue weighted by Crippen LogP contribution is 2.36. The summed E-state index contributed by atoms with van der Waals surface area (Å²) in [6, 6.07) is 19.5. The van der Waals surface area contributed by atoms with Crippen molar-refractivity contribution in [3.8, 4) is 17.2 Å². The van der Waals surface area contributed by atoms with Crippen molar-refractivity contribution in [3.63, 3.8) is 0 Å². The summed E-state index contributed by atoms with van der Waals surface area (Å²) in [4.78, 5) is 25.4. The third-order valence-corrected chi connectivity index (χ3v) is 5.60. The first-order valence-corrected chi connectivity index (χ1v) is 10.6. The molecule has 6 nitrogen and oxygen atoms in total. The highest BCUT2D eigenvalue weighted by Gasteiger charge is 2.28. The summed E-state index contributed by atoms with van der Waals surface area (Å²) in [5, 5.41) is 1.05. The van der Waals surface area contributed by atoms with E-state index < -0.39 is 5.97 Å². The Hall–Kier alpha value is -4.32. The molecule has 0 atom stereocenters. The number of Topliss-reactive ketones (excluding diaryl/α,β-unsaturated/α-hetero) is 1. The average Bonchev–Trinajstić information content (AvgIpc) is 3.36. The molecule has 0 aliphatic carbocycles. The Bertz CT molecular complexity index is 1430. The summed E-state index contributed by atoms with van der Waals surface area (Å²) >= 11 is 0. The predicted octanol–water partition coefficient (Wildman–Crippen LogP) is 5.51. The smallest absolute Gasteiger partial charge is 0.343 e. The highest BCUT2D eigenvalue weighted by molar-refractivity contribution is 6.15. The van der Waals surface area contributed by atoms with Gasteiger partial charge in [0.1, 0.15) is 17.2 Å². The van der Waals surface area contributed by atoms with Crippen molar-refractivity contribution in [2.24, 2.45) is 0 Å². The lowest BCUT2D eigenvalue weighted by molar-refractivity contribution is 0.0734. The van der Waals surface area contributed by atoms with Crippen molar-refractivity contribution in [3.05, 3.63) is 95.4 Å². The van der Waals surface area contributed by atoms with Gasteiger partial charge in [0.05, 0.1) is 18.2 Å². The van der Waals surface area contributed by atoms with Crippen LogP contribution in [0.5, 0.6) is 17.2 Å². The standard InChI is InChI=1S/C27H21NO5/c1-3-28-16-18(21-9-4-5-10-23(21)28)14-25-26(29)22-12-11-20(15-24(22)33-25)32-27(30)17-7-6-8-19(13-17)31-2/h4-16H,3H2,1-2H3. The first-order valence-electron chi connectivity index (χ1n) is 10.6. The van der Waals surface area contributed by atoms with Crippen LogP contribution in [-0.4, -0.2) is 23.4 Å². The summed E-state index contributed by atoms with van der Waals surface area (Å²) in [7, 11) is 1.53. The van der Waals surface area contributed by atoms with Gasteiger partial charge in [0.25, 0.3) is 0 Å². The number of aryl methyl sites for hydroxylation is 1. The van der Waals surface area contributed by atoms with Crippen LogP contribution in [0.2, 0.25) is 0 Å². The monoisotopic (exact) mass is 439 g/mol. The number of nitrogens with zero attached hydrogens (tertiary/aromatic N) is 1. The Kier molecular flexibility index (Phi) is 5.18. The van der Waals surface area contributed by atoms with E-state index in [9.17, 15) is 9.59 Å². The van der Waals surface area contributed by atoms with Crippen LogP contribution in [-0.2, 0) is 6.54 Å². The fourth-order valence-corrected chi connectivity index (χ4v) is 3.94. The minimum Gasteiger partial charge on any atom is -0.497 e. The van der Waals surface area contributed by atoms with Crippen LogP contribution < -0.4 is 14.2 Å². The van der Waals surface area contributed by atoms with Gasteiger partial charge in [0.15, 0.2) is 5.76 Å². The van der Waals surface area contributed by atoms with Gasteiger partial charge in [-0.25, -0.2) is 4.79 Å². The minimum absolute atomic E-state index is 0.205. The first kappa shape index (κ1) is 20.6. The number of carbonyl (C=O) groups excluding carboxylic acids is 2. The van der Waals surface area contributed by atoms with Crippen LogP contribution in [0, 0.1) is 0 Å². The molecule has 0 N–H and O–H groups in total. The van der Waals surface area contributed by atoms with Gasteiger partial charge in [-0.15, -0.1) is 0 Å². The molecule has 0 saturated heterocycles. The Morgan fingerprint density at radius 1 is 1.03 bits per heavy atom. The van der Waals surface area contributed by atoms with E-state index in [-0.39, 0.29) is 11.5 Å². The summed E-state index contributed by atoms with van der Waals surface area (Å²) < 4.78 is 18.6. The van der Waals surface area contributed by atoms with E-state index in [2.05, 4.69) is 17.6 Å². The van der Waals surface area contributed by atoms with Gasteiger partial charge in [-0.2, -0.15) is 0 Å². The molecule has 6 heteroatoms. The second-order valence-electron chi connectivity index (χ2n) is 7.61. The molecular formula is C27H21NO5. The number of methoxy groups -OCH3 is 1. The fourth-order valence-electron chi connectivity index (χ4n) is 3.94. The van der Waals surface area contributed by atoms with E-state index in [4.69, 9.17) is 14.2 Å². The second kappa shape index (κ2) is 8.31. The van der Waals surface area contributed by atoms with Gasteiger partial charge in [-0.3, -0.25) is 4.79 Å². The predicted molar refractivity (Wildman–Crippen MR) is 125 cm³/mol. The maximum atomic E-state index is 12.9. The number of ketones is 1. The SMILES string of the molecule is CCn1cc(C=C2Oc3cc(OC(=O)c4cccc(OC)c4)ccc3C2=O)c2ccccc21. The Morgan fingerprint density at radius 2 is 1.88 bits per heavy atom. The summed E-state index contributed by atoms with van der Waals surface area (Å²) in [5.74, 6) is 0.719. The molecular weight excluding hydrogens is 418 g/mol. The first-order chi connectivity index (χ1) is 16.1. The Morgan fingerprint density at radius 3 is 2.70 bits per heavy atom. The quantitative estimate of drug-likeness (QED) is 0.233. The molecule has 1 aliphatic heterocycles. The van der Waals surface area contributed by atoms with Crippen LogP contribution in [0.25, 0.3) is 17.0 Å². The maximum Gasteiger partial charge on any atom is 0.343 e. The van der Waals surface area contributed by atoms with E-state index in [1.807, 2.05) is 24.4 Å². The van der Waals surface area contributed by atoms with E-state index in [1.165, 1.54) is 7.11 Å². The van der Waals surface area contributed by atoms with Crippen molar-refractivity contribution < 1.29 is 23.8 Å². The molecule has 3 aromatic carbocycles. The Balaban J connectivity index is 1.41. The molecule has 2 heterocycles. The van der Waals surface area contributed by atoms with Gasteiger partial charge >= 0.3 is 5.97 Å². The van der Waals surface area contributed by atoms with Crippen molar-refractivity contribution in [1.82, 2.24) is 4.57 Å². The van der Waals surface area contributed by atoms with E-state index >= 15 is 0 Å². The topological polar surface area (TPSA) is 66.8 Å². The molecule has 4 aromatic rings. The molecule has 0 saturated carbocycles. The average molecular weight is 439 g/mol. The molecule has 0 unspecified atom stereocenters. The van der Waals surface area contributed by atoms with Crippen molar-refractivity contribution in [1.29, 1.82) is 0 Å². The molecule has 33 heavy (non-hydrogen) atoms. The number of rotatable bonds is 5. The van der Waals surface area contributed by atoms with E-state index in [0.29, 0.717) is 28.4 Å². The van der Waals surface area contributed by atoms with Gasteiger partial charge in [-0.1, -0.05) is 24.3 Å². The molecule has 0 amide bonds. The number of benzene rings is 3. The van der Waals surface area contributed by atoms with Crippen LogP contribution >= 0.6 is 0 Å². The number of allylic oxidation sites excluding steroid dienone is 1. The zero-order valence-corrected chi connectivity index (χ0v) is 18.2. The Labute approximate surface area is 190 Å². The zero-order chi connectivity index (χ0) is 22.9. The molecule has 0 radical (unpaired) electrons. The largest absolute Gasteiger partial charge is 0.497 e. The number of fused-ring (bicyclic) bond motifs is 2. The van der Waals surface area contributed by atoms with Gasteiger partial charge < -0.3 is 18.8 Å². The zero-order valence-electron chi connectivity index (χ0n) is 18.2. The normalized spacial score (nSPS) is 13.8. The van der Waals surface area contributed by atoms with Crippen LogP contribution in [0.1, 0.15) is 33.2 Å². The summed E-state index contributed by atoms with van der Waals surface area (Å²) in [6.07, 6.45) is 3.78. The molecule has 1 aromatic heterocycles. The molecule has 1 aliphatic rings. The number of aromatic nitrogens is 1. The van der Waals surface area contributed by atoms with Crippen LogP contribution in [0.3, 0.4) is 0 Å². The number of para-hydroxylation sites is 1. The molecule has 0 bridgehead atoms. The van der Waals surface area contributed by atoms with Gasteiger partial charge in [0, 0.05) is 35.3 Å². The van der Waals surface area contributed by atoms with Crippen LogP contribution in [0.15, 0.2) is 78.7 Å². The lowest BCUT2D eigenvalue weighted by Crippen LogP contribution is -2.08. The fraction of sp³-hybridized carbons (Fsp3) is 0.111. The van der Waals surface area contributed by atoms with Crippen molar-refractivity contribution in [2.45, 2.75) is 13.5 Å². The summed E-state index contributed by atoms with van der Waals surface area (Å²) in [5.41, 5.74) is 2.80. The highest BCUT2D eigenvalue weighted by atomic mass is 16.5. The molecule has 0 spiro atoms. The van der Waals surface area contributed by atoms with E-state index in [0.717, 1.165) is 23.0 Å². The number of ether oxygens (including phenoxy) is 3. The number of hydrogen-bond donors (Lipinski definition) is 0. The number of esters is 1. The van der Waals surface area contributed by atoms with Gasteiger partial charge in [-0.05, 0) is 49.4 Å². The van der Waals surface area contributed by atoms with Gasteiger partial charge in [0.2, 0.25) is 5.78 Å². The number of hydrogen-bond acceptors (Lipinski definition) is 5. The molecule has 0 fully saturated rings. The lowest BCUT2D eigenvalue weighted by atomic mass is 10.1.